The number of amides is 2. The van der Waals surface area contributed by atoms with Crippen molar-refractivity contribution >= 4 is 17.5 Å². The quantitative estimate of drug-likeness (QED) is 0.905. The minimum atomic E-state index is -0.427. The zero-order valence-electron chi connectivity index (χ0n) is 13.1. The SMILES string of the molecule is O=C(Nc1cccc(C(=O)N2CCOCC2)c1)c1ccccc1O. The van der Waals surface area contributed by atoms with Crippen LogP contribution in [0.25, 0.3) is 0 Å². The molecule has 24 heavy (non-hydrogen) atoms. The Balaban J connectivity index is 1.74. The van der Waals surface area contributed by atoms with Gasteiger partial charge in [-0.2, -0.15) is 0 Å². The van der Waals surface area contributed by atoms with Gasteiger partial charge in [0.25, 0.3) is 11.8 Å². The summed E-state index contributed by atoms with van der Waals surface area (Å²) in [5.74, 6) is -0.600. The van der Waals surface area contributed by atoms with E-state index in [2.05, 4.69) is 5.32 Å². The lowest BCUT2D eigenvalue weighted by molar-refractivity contribution is 0.0303. The van der Waals surface area contributed by atoms with E-state index in [1.165, 1.54) is 12.1 Å². The first kappa shape index (κ1) is 16.0. The normalized spacial score (nSPS) is 14.2. The summed E-state index contributed by atoms with van der Waals surface area (Å²) in [5, 5.41) is 12.4. The predicted molar refractivity (Wildman–Crippen MR) is 89.2 cm³/mol. The van der Waals surface area contributed by atoms with Crippen LogP contribution in [0.2, 0.25) is 0 Å². The number of para-hydroxylation sites is 1. The highest BCUT2D eigenvalue weighted by atomic mass is 16.5. The number of anilines is 1. The number of hydrogen-bond donors (Lipinski definition) is 2. The summed E-state index contributed by atoms with van der Waals surface area (Å²) < 4.78 is 5.25. The molecule has 0 unspecified atom stereocenters. The fourth-order valence-electron chi connectivity index (χ4n) is 2.54. The minimum absolute atomic E-state index is 0.0862. The first-order chi connectivity index (χ1) is 11.6. The van der Waals surface area contributed by atoms with Gasteiger partial charge in [0.15, 0.2) is 0 Å². The van der Waals surface area contributed by atoms with Crippen LogP contribution in [0.4, 0.5) is 5.69 Å². The highest BCUT2D eigenvalue weighted by Gasteiger charge is 2.19. The predicted octanol–water partition coefficient (Wildman–Crippen LogP) is 2.12. The van der Waals surface area contributed by atoms with Crippen LogP contribution in [0.3, 0.4) is 0 Å². The van der Waals surface area contributed by atoms with Gasteiger partial charge in [0.2, 0.25) is 0 Å². The number of rotatable bonds is 3. The van der Waals surface area contributed by atoms with Crippen molar-refractivity contribution < 1.29 is 19.4 Å². The second kappa shape index (κ2) is 7.14. The fourth-order valence-corrected chi connectivity index (χ4v) is 2.54. The standard InChI is InChI=1S/C18H18N2O4/c21-16-7-2-1-6-15(16)17(22)19-14-5-3-4-13(12-14)18(23)20-8-10-24-11-9-20/h1-7,12,21H,8-11H2,(H,19,22). The highest BCUT2D eigenvalue weighted by molar-refractivity contribution is 6.06. The van der Waals surface area contributed by atoms with Crippen molar-refractivity contribution in [1.29, 1.82) is 0 Å². The lowest BCUT2D eigenvalue weighted by atomic mass is 10.1. The summed E-state index contributed by atoms with van der Waals surface area (Å²) in [6.07, 6.45) is 0. The Labute approximate surface area is 139 Å². The Bertz CT molecular complexity index is 754. The van der Waals surface area contributed by atoms with Gasteiger partial charge < -0.3 is 20.1 Å². The van der Waals surface area contributed by atoms with E-state index in [0.717, 1.165) is 0 Å². The molecule has 0 spiro atoms. The molecule has 0 saturated carbocycles. The summed E-state index contributed by atoms with van der Waals surface area (Å²) in [6.45, 7) is 2.20. The molecule has 1 fully saturated rings. The lowest BCUT2D eigenvalue weighted by Crippen LogP contribution is -2.40. The van der Waals surface area contributed by atoms with E-state index in [1.54, 1.807) is 41.3 Å². The molecule has 1 aliphatic heterocycles. The van der Waals surface area contributed by atoms with E-state index in [9.17, 15) is 14.7 Å². The van der Waals surface area contributed by atoms with Crippen LogP contribution >= 0.6 is 0 Å². The molecule has 6 heteroatoms. The molecule has 2 amide bonds. The average Bonchev–Trinajstić information content (AvgIpc) is 2.62. The summed E-state index contributed by atoms with van der Waals surface area (Å²) in [6, 6.07) is 13.1. The third-order valence-electron chi connectivity index (χ3n) is 3.81. The maximum absolute atomic E-state index is 12.5. The van der Waals surface area contributed by atoms with E-state index in [-0.39, 0.29) is 17.2 Å². The first-order valence-corrected chi connectivity index (χ1v) is 7.71. The van der Waals surface area contributed by atoms with E-state index in [0.29, 0.717) is 37.6 Å². The average molecular weight is 326 g/mol. The summed E-state index contributed by atoms with van der Waals surface area (Å²) in [7, 11) is 0. The second-order valence-electron chi connectivity index (χ2n) is 5.46. The van der Waals surface area contributed by atoms with Gasteiger partial charge in [-0.3, -0.25) is 9.59 Å². The fraction of sp³-hybridized carbons (Fsp3) is 0.222. The van der Waals surface area contributed by atoms with E-state index in [1.807, 2.05) is 0 Å². The maximum Gasteiger partial charge on any atom is 0.259 e. The third-order valence-corrected chi connectivity index (χ3v) is 3.81. The van der Waals surface area contributed by atoms with Gasteiger partial charge in [0, 0.05) is 24.3 Å². The Kier molecular flexibility index (Phi) is 4.77. The van der Waals surface area contributed by atoms with Crippen LogP contribution < -0.4 is 5.32 Å². The second-order valence-corrected chi connectivity index (χ2v) is 5.46. The van der Waals surface area contributed by atoms with Gasteiger partial charge in [0.1, 0.15) is 5.75 Å². The minimum Gasteiger partial charge on any atom is -0.507 e. The van der Waals surface area contributed by atoms with Gasteiger partial charge >= 0.3 is 0 Å². The molecule has 2 aromatic rings. The number of carbonyl (C=O) groups excluding carboxylic acids is 2. The number of hydrogen-bond acceptors (Lipinski definition) is 4. The summed E-state index contributed by atoms with van der Waals surface area (Å²) in [5.41, 5.74) is 1.19. The number of morpholine rings is 1. The number of phenolic OH excluding ortho intramolecular Hbond substituents is 1. The Morgan fingerprint density at radius 2 is 1.79 bits per heavy atom. The van der Waals surface area contributed by atoms with Crippen molar-refractivity contribution in [3.8, 4) is 5.75 Å². The van der Waals surface area contributed by atoms with Crippen molar-refractivity contribution in [2.75, 3.05) is 31.6 Å². The molecule has 124 valence electrons. The number of ether oxygens (including phenoxy) is 1. The lowest BCUT2D eigenvalue weighted by Gasteiger charge is -2.27. The molecule has 1 aliphatic rings. The molecule has 0 aliphatic carbocycles. The van der Waals surface area contributed by atoms with Gasteiger partial charge in [0.05, 0.1) is 18.8 Å². The van der Waals surface area contributed by atoms with Gasteiger partial charge in [-0.1, -0.05) is 18.2 Å². The van der Waals surface area contributed by atoms with Crippen molar-refractivity contribution in [3.05, 3.63) is 59.7 Å². The van der Waals surface area contributed by atoms with Gasteiger partial charge in [-0.05, 0) is 30.3 Å². The third kappa shape index (κ3) is 3.55. The zero-order valence-corrected chi connectivity index (χ0v) is 13.1. The van der Waals surface area contributed by atoms with Crippen molar-refractivity contribution in [3.63, 3.8) is 0 Å². The van der Waals surface area contributed by atoms with Crippen LogP contribution in [-0.2, 0) is 4.74 Å². The van der Waals surface area contributed by atoms with Crippen molar-refractivity contribution in [2.45, 2.75) is 0 Å². The number of nitrogens with one attached hydrogen (secondary N) is 1. The Hall–Kier alpha value is -2.86. The van der Waals surface area contributed by atoms with Crippen molar-refractivity contribution in [1.82, 2.24) is 4.90 Å². The van der Waals surface area contributed by atoms with Crippen LogP contribution in [-0.4, -0.2) is 48.1 Å². The number of phenols is 1. The molecule has 0 radical (unpaired) electrons. The number of nitrogens with zero attached hydrogens (tertiary/aromatic N) is 1. The summed E-state index contributed by atoms with van der Waals surface area (Å²) in [4.78, 5) is 26.4. The molecular formula is C18H18N2O4. The molecule has 2 aromatic carbocycles. The molecule has 1 heterocycles. The number of carbonyl (C=O) groups is 2. The largest absolute Gasteiger partial charge is 0.507 e. The van der Waals surface area contributed by atoms with Crippen LogP contribution in [0.15, 0.2) is 48.5 Å². The van der Waals surface area contributed by atoms with Crippen molar-refractivity contribution in [2.24, 2.45) is 0 Å². The molecular weight excluding hydrogens is 308 g/mol. The zero-order chi connectivity index (χ0) is 16.9. The first-order valence-electron chi connectivity index (χ1n) is 7.71. The molecule has 0 atom stereocenters. The molecule has 0 aromatic heterocycles. The summed E-state index contributed by atoms with van der Waals surface area (Å²) >= 11 is 0. The van der Waals surface area contributed by atoms with Crippen LogP contribution in [0, 0.1) is 0 Å². The van der Waals surface area contributed by atoms with E-state index < -0.39 is 5.91 Å². The molecule has 1 saturated heterocycles. The smallest absolute Gasteiger partial charge is 0.259 e. The molecule has 6 nitrogen and oxygen atoms in total. The Morgan fingerprint density at radius 3 is 2.54 bits per heavy atom. The maximum atomic E-state index is 12.5. The monoisotopic (exact) mass is 326 g/mol. The number of benzene rings is 2. The topological polar surface area (TPSA) is 78.9 Å². The molecule has 0 bridgehead atoms. The Morgan fingerprint density at radius 1 is 1.04 bits per heavy atom. The van der Waals surface area contributed by atoms with Gasteiger partial charge in [-0.15, -0.1) is 0 Å². The molecule has 2 N–H and O–H groups in total. The molecule has 3 rings (SSSR count). The highest BCUT2D eigenvalue weighted by Crippen LogP contribution is 2.19. The van der Waals surface area contributed by atoms with E-state index in [4.69, 9.17) is 4.74 Å². The van der Waals surface area contributed by atoms with Crippen LogP contribution in [0.5, 0.6) is 5.75 Å². The van der Waals surface area contributed by atoms with E-state index >= 15 is 0 Å². The van der Waals surface area contributed by atoms with Gasteiger partial charge in [-0.25, -0.2) is 0 Å². The number of aromatic hydroxyl groups is 1. The van der Waals surface area contributed by atoms with Crippen LogP contribution in [0.1, 0.15) is 20.7 Å².